The molecule has 2 N–H and O–H groups in total. The van der Waals surface area contributed by atoms with Gasteiger partial charge in [-0.2, -0.15) is 0 Å². The smallest absolute Gasteiger partial charge is 0.410 e. The second kappa shape index (κ2) is 6.74. The van der Waals surface area contributed by atoms with E-state index in [-0.39, 0.29) is 12.1 Å². The summed E-state index contributed by atoms with van der Waals surface area (Å²) in [5, 5.41) is 0. The van der Waals surface area contributed by atoms with E-state index in [1.807, 2.05) is 46.8 Å². The fraction of sp³-hybridized carbons (Fsp3) is 0.647. The van der Waals surface area contributed by atoms with E-state index >= 15 is 0 Å². The minimum atomic E-state index is -0.457. The van der Waals surface area contributed by atoms with Crippen molar-refractivity contribution in [3.63, 3.8) is 0 Å². The molecule has 1 saturated heterocycles. The lowest BCUT2D eigenvalue weighted by Gasteiger charge is -2.36. The molecule has 1 aliphatic heterocycles. The van der Waals surface area contributed by atoms with Crippen LogP contribution in [0.3, 0.4) is 0 Å². The van der Waals surface area contributed by atoms with Crippen molar-refractivity contribution in [1.82, 2.24) is 9.88 Å². The number of pyridine rings is 1. The normalized spacial score (nSPS) is 17.1. The van der Waals surface area contributed by atoms with E-state index in [2.05, 4.69) is 9.88 Å². The Morgan fingerprint density at radius 1 is 1.26 bits per heavy atom. The lowest BCUT2D eigenvalue weighted by atomic mass is 10.1. The number of rotatable bonds is 2. The molecule has 0 saturated carbocycles. The van der Waals surface area contributed by atoms with Crippen LogP contribution in [0, 0.1) is 6.92 Å². The van der Waals surface area contributed by atoms with Crippen LogP contribution in [-0.2, 0) is 4.74 Å². The number of carbonyl (C=O) groups is 1. The van der Waals surface area contributed by atoms with Crippen molar-refractivity contribution >= 4 is 11.9 Å². The number of hydrogen-bond donors (Lipinski definition) is 1. The van der Waals surface area contributed by atoms with Crippen LogP contribution in [-0.4, -0.2) is 47.8 Å². The highest BCUT2D eigenvalue weighted by Gasteiger charge is 2.26. The maximum Gasteiger partial charge on any atom is 0.410 e. The number of piperazine rings is 1. The van der Waals surface area contributed by atoms with Crippen molar-refractivity contribution in [2.24, 2.45) is 5.73 Å². The van der Waals surface area contributed by atoms with Crippen LogP contribution in [0.2, 0.25) is 0 Å². The van der Waals surface area contributed by atoms with Gasteiger partial charge in [0.05, 0.1) is 0 Å². The molecule has 6 heteroatoms. The quantitative estimate of drug-likeness (QED) is 0.906. The molecule has 128 valence electrons. The Bertz CT molecular complexity index is 558. The van der Waals surface area contributed by atoms with Gasteiger partial charge in [-0.15, -0.1) is 0 Å². The third-order valence-electron chi connectivity index (χ3n) is 3.86. The Morgan fingerprint density at radius 3 is 2.35 bits per heavy atom. The van der Waals surface area contributed by atoms with Crippen molar-refractivity contribution in [2.45, 2.75) is 46.3 Å². The molecule has 0 radical (unpaired) electrons. The van der Waals surface area contributed by atoms with E-state index in [4.69, 9.17) is 10.5 Å². The van der Waals surface area contributed by atoms with Gasteiger partial charge in [-0.25, -0.2) is 9.78 Å². The molecule has 1 atom stereocenters. The van der Waals surface area contributed by atoms with Gasteiger partial charge >= 0.3 is 6.09 Å². The zero-order valence-electron chi connectivity index (χ0n) is 14.8. The van der Waals surface area contributed by atoms with Crippen molar-refractivity contribution < 1.29 is 9.53 Å². The SMILES string of the molecule is Cc1nc(N2CCN(C(=O)OC(C)(C)C)CC2)ccc1C(C)N. The molecule has 1 unspecified atom stereocenters. The first-order valence-electron chi connectivity index (χ1n) is 8.13. The van der Waals surface area contributed by atoms with Gasteiger partial charge in [-0.1, -0.05) is 6.07 Å². The standard InChI is InChI=1S/C17H28N4O2/c1-12(18)14-6-7-15(19-13(14)2)20-8-10-21(11-9-20)16(22)23-17(3,4)5/h6-7,12H,8-11,18H2,1-5H3. The number of nitrogens with zero attached hydrogens (tertiary/aromatic N) is 3. The molecule has 1 aromatic heterocycles. The Labute approximate surface area is 138 Å². The number of anilines is 1. The fourth-order valence-electron chi connectivity index (χ4n) is 2.66. The van der Waals surface area contributed by atoms with Crippen LogP contribution in [0.15, 0.2) is 12.1 Å². The van der Waals surface area contributed by atoms with Crippen LogP contribution in [0.1, 0.15) is 45.0 Å². The van der Waals surface area contributed by atoms with Gasteiger partial charge in [0, 0.05) is 37.9 Å². The number of carbonyl (C=O) groups excluding carboxylic acids is 1. The topological polar surface area (TPSA) is 71.7 Å². The number of hydrogen-bond acceptors (Lipinski definition) is 5. The van der Waals surface area contributed by atoms with Gasteiger partial charge in [-0.3, -0.25) is 0 Å². The summed E-state index contributed by atoms with van der Waals surface area (Å²) in [6.07, 6.45) is -0.242. The summed E-state index contributed by atoms with van der Waals surface area (Å²) in [5.41, 5.74) is 7.51. The Morgan fingerprint density at radius 2 is 1.87 bits per heavy atom. The van der Waals surface area contributed by atoms with Gasteiger partial charge in [0.25, 0.3) is 0 Å². The van der Waals surface area contributed by atoms with Crippen molar-refractivity contribution in [2.75, 3.05) is 31.1 Å². The second-order valence-electron chi connectivity index (χ2n) is 7.09. The fourth-order valence-corrected chi connectivity index (χ4v) is 2.66. The van der Waals surface area contributed by atoms with Crippen LogP contribution in [0.4, 0.5) is 10.6 Å². The van der Waals surface area contributed by atoms with Gasteiger partial charge in [0.2, 0.25) is 0 Å². The number of nitrogens with two attached hydrogens (primary N) is 1. The maximum absolute atomic E-state index is 12.1. The molecule has 2 rings (SSSR count). The Kier molecular flexibility index (Phi) is 5.14. The van der Waals surface area contributed by atoms with E-state index in [1.165, 1.54) is 0 Å². The van der Waals surface area contributed by atoms with Gasteiger partial charge < -0.3 is 20.3 Å². The molecule has 23 heavy (non-hydrogen) atoms. The minimum absolute atomic E-state index is 0.0134. The molecule has 1 aromatic rings. The van der Waals surface area contributed by atoms with E-state index in [1.54, 1.807) is 4.90 Å². The molecule has 2 heterocycles. The molecule has 0 bridgehead atoms. The van der Waals surface area contributed by atoms with Gasteiger partial charge in [-0.05, 0) is 46.2 Å². The molecule has 0 aliphatic carbocycles. The minimum Gasteiger partial charge on any atom is -0.444 e. The molecule has 6 nitrogen and oxygen atoms in total. The summed E-state index contributed by atoms with van der Waals surface area (Å²) in [5.74, 6) is 0.940. The largest absolute Gasteiger partial charge is 0.444 e. The van der Waals surface area contributed by atoms with E-state index in [0.717, 1.165) is 30.2 Å². The first kappa shape index (κ1) is 17.5. The first-order chi connectivity index (χ1) is 10.7. The van der Waals surface area contributed by atoms with E-state index in [0.29, 0.717) is 13.1 Å². The van der Waals surface area contributed by atoms with Crippen LogP contribution >= 0.6 is 0 Å². The van der Waals surface area contributed by atoms with Crippen LogP contribution in [0.5, 0.6) is 0 Å². The highest BCUT2D eigenvalue weighted by molar-refractivity contribution is 5.68. The molecule has 0 aromatic carbocycles. The first-order valence-corrected chi connectivity index (χ1v) is 8.13. The summed E-state index contributed by atoms with van der Waals surface area (Å²) >= 11 is 0. The summed E-state index contributed by atoms with van der Waals surface area (Å²) in [6.45, 7) is 12.4. The van der Waals surface area contributed by atoms with Gasteiger partial charge in [0.1, 0.15) is 11.4 Å². The molecular weight excluding hydrogens is 292 g/mol. The molecule has 0 spiro atoms. The lowest BCUT2D eigenvalue weighted by Crippen LogP contribution is -2.50. The van der Waals surface area contributed by atoms with Crippen LogP contribution in [0.25, 0.3) is 0 Å². The molecule has 1 fully saturated rings. The number of amides is 1. The summed E-state index contributed by atoms with van der Waals surface area (Å²) in [7, 11) is 0. The molecular formula is C17H28N4O2. The summed E-state index contributed by atoms with van der Waals surface area (Å²) < 4.78 is 5.42. The zero-order valence-corrected chi connectivity index (χ0v) is 14.8. The lowest BCUT2D eigenvalue weighted by molar-refractivity contribution is 0.0240. The van der Waals surface area contributed by atoms with E-state index in [9.17, 15) is 4.79 Å². The number of ether oxygens (including phenoxy) is 1. The third-order valence-corrected chi connectivity index (χ3v) is 3.86. The average Bonchev–Trinajstić information content (AvgIpc) is 2.45. The Hall–Kier alpha value is -1.82. The summed E-state index contributed by atoms with van der Waals surface area (Å²) in [6, 6.07) is 4.04. The van der Waals surface area contributed by atoms with Crippen LogP contribution < -0.4 is 10.6 Å². The maximum atomic E-state index is 12.1. The van der Waals surface area contributed by atoms with Crippen molar-refractivity contribution in [3.8, 4) is 0 Å². The monoisotopic (exact) mass is 320 g/mol. The molecule has 1 aliphatic rings. The Balaban J connectivity index is 1.97. The van der Waals surface area contributed by atoms with Crippen molar-refractivity contribution in [3.05, 3.63) is 23.4 Å². The third kappa shape index (κ3) is 4.58. The highest BCUT2D eigenvalue weighted by atomic mass is 16.6. The number of aryl methyl sites for hydroxylation is 1. The predicted octanol–water partition coefficient (Wildman–Crippen LogP) is 2.47. The summed E-state index contributed by atoms with van der Waals surface area (Å²) in [4.78, 5) is 20.7. The zero-order chi connectivity index (χ0) is 17.2. The number of aromatic nitrogens is 1. The average molecular weight is 320 g/mol. The van der Waals surface area contributed by atoms with E-state index < -0.39 is 5.60 Å². The van der Waals surface area contributed by atoms with Gasteiger partial charge in [0.15, 0.2) is 0 Å². The molecule has 1 amide bonds. The van der Waals surface area contributed by atoms with Crippen molar-refractivity contribution in [1.29, 1.82) is 0 Å². The second-order valence-corrected chi connectivity index (χ2v) is 7.09. The highest BCUT2D eigenvalue weighted by Crippen LogP contribution is 2.20. The predicted molar refractivity (Wildman–Crippen MR) is 91.6 cm³/mol.